The Bertz CT molecular complexity index is 1430. The van der Waals surface area contributed by atoms with Crippen LogP contribution in [0.3, 0.4) is 0 Å². The van der Waals surface area contributed by atoms with E-state index in [1.807, 2.05) is 83.1 Å². The number of rotatable bonds is 10. The van der Waals surface area contributed by atoms with Crippen LogP contribution >= 0.6 is 0 Å². The van der Waals surface area contributed by atoms with Gasteiger partial charge in [-0.1, -0.05) is 35.5 Å². The number of hydrogen-bond donors (Lipinski definition) is 1. The first-order valence-corrected chi connectivity index (χ1v) is 13.1. The number of aromatic nitrogens is 3. The topological polar surface area (TPSA) is 98.6 Å². The highest BCUT2D eigenvalue weighted by Gasteiger charge is 2.35. The Kier molecular flexibility index (Phi) is 8.49. The van der Waals surface area contributed by atoms with E-state index in [1.54, 1.807) is 28.9 Å². The number of carbonyl (C=O) groups excluding carboxylic acids is 2. The number of ether oxygens (including phenoxy) is 2. The number of amides is 2. The molecule has 9 nitrogen and oxygen atoms in total. The number of para-hydroxylation sites is 1. The largest absolute Gasteiger partial charge is 0.494 e. The highest BCUT2D eigenvalue weighted by molar-refractivity contribution is 6.01. The Morgan fingerprint density at radius 3 is 2.31 bits per heavy atom. The standard InChI is InChI=1S/C30H35N5O4/c1-6-38-23-17-15-21(16-18-23)28(29(37)31-30(3,4)5)35(22-11-10-12-24(19-22)39-7-2)27(36)20-34-26-14-9-8-13-25(26)32-33-34/h8-19,28H,6-7,20H2,1-5H3,(H,31,37). The number of fused-ring (bicyclic) bond motifs is 1. The first kappa shape index (κ1) is 27.6. The number of anilines is 1. The van der Waals surface area contributed by atoms with Crippen LogP contribution in [0.5, 0.6) is 11.5 Å². The van der Waals surface area contributed by atoms with Gasteiger partial charge in [0.25, 0.3) is 0 Å². The quantitative estimate of drug-likeness (QED) is 0.313. The highest BCUT2D eigenvalue weighted by atomic mass is 16.5. The molecule has 0 aliphatic rings. The van der Waals surface area contributed by atoms with Crippen molar-refractivity contribution in [1.29, 1.82) is 0 Å². The van der Waals surface area contributed by atoms with Crippen LogP contribution in [0.25, 0.3) is 11.0 Å². The maximum Gasteiger partial charge on any atom is 0.249 e. The SMILES string of the molecule is CCOc1ccc(C(C(=O)NC(C)(C)C)N(C(=O)Cn2nnc3ccccc32)c2cccc(OCC)c2)cc1. The smallest absolute Gasteiger partial charge is 0.249 e. The number of benzene rings is 3. The Hall–Kier alpha value is -4.40. The first-order chi connectivity index (χ1) is 18.7. The Balaban J connectivity index is 1.83. The maximum atomic E-state index is 14.2. The molecular weight excluding hydrogens is 494 g/mol. The van der Waals surface area contributed by atoms with Gasteiger partial charge in [0.15, 0.2) is 0 Å². The number of carbonyl (C=O) groups is 2. The molecule has 0 radical (unpaired) electrons. The summed E-state index contributed by atoms with van der Waals surface area (Å²) in [6.07, 6.45) is 0. The van der Waals surface area contributed by atoms with E-state index < -0.39 is 11.6 Å². The molecule has 0 aliphatic carbocycles. The number of hydrogen-bond acceptors (Lipinski definition) is 6. The Morgan fingerprint density at radius 1 is 0.923 bits per heavy atom. The zero-order chi connectivity index (χ0) is 28.0. The minimum absolute atomic E-state index is 0.115. The van der Waals surface area contributed by atoms with Gasteiger partial charge in [-0.25, -0.2) is 4.68 Å². The van der Waals surface area contributed by atoms with Gasteiger partial charge in [0.1, 0.15) is 29.6 Å². The molecule has 4 aromatic rings. The molecule has 4 rings (SSSR count). The fourth-order valence-electron chi connectivity index (χ4n) is 4.33. The van der Waals surface area contributed by atoms with E-state index in [0.717, 1.165) is 5.52 Å². The zero-order valence-corrected chi connectivity index (χ0v) is 23.0. The van der Waals surface area contributed by atoms with Crippen molar-refractivity contribution in [3.8, 4) is 11.5 Å². The molecule has 9 heteroatoms. The summed E-state index contributed by atoms with van der Waals surface area (Å²) in [5, 5.41) is 11.4. The van der Waals surface area contributed by atoms with Crippen molar-refractivity contribution in [2.24, 2.45) is 0 Å². The van der Waals surface area contributed by atoms with Crippen molar-refractivity contribution in [3.05, 3.63) is 78.4 Å². The van der Waals surface area contributed by atoms with E-state index in [2.05, 4.69) is 15.6 Å². The molecule has 204 valence electrons. The molecular formula is C30H35N5O4. The Labute approximate surface area is 228 Å². The Morgan fingerprint density at radius 2 is 1.62 bits per heavy atom. The maximum absolute atomic E-state index is 14.2. The minimum atomic E-state index is -0.973. The van der Waals surface area contributed by atoms with Gasteiger partial charge < -0.3 is 14.8 Å². The van der Waals surface area contributed by atoms with E-state index in [1.165, 1.54) is 4.90 Å². The molecule has 1 N–H and O–H groups in total. The van der Waals surface area contributed by atoms with E-state index in [4.69, 9.17) is 9.47 Å². The summed E-state index contributed by atoms with van der Waals surface area (Å²) in [5.41, 5.74) is 2.05. The normalized spacial score (nSPS) is 12.1. The van der Waals surface area contributed by atoms with Crippen LogP contribution in [-0.4, -0.2) is 45.6 Å². The van der Waals surface area contributed by atoms with Gasteiger partial charge in [0, 0.05) is 17.3 Å². The minimum Gasteiger partial charge on any atom is -0.494 e. The average molecular weight is 530 g/mol. The molecule has 0 fully saturated rings. The van der Waals surface area contributed by atoms with Gasteiger partial charge in [-0.15, -0.1) is 5.10 Å². The molecule has 0 spiro atoms. The van der Waals surface area contributed by atoms with E-state index in [-0.39, 0.29) is 18.4 Å². The third-order valence-corrected chi connectivity index (χ3v) is 5.89. The molecule has 2 amide bonds. The average Bonchev–Trinajstić information content (AvgIpc) is 3.30. The third-order valence-electron chi connectivity index (χ3n) is 5.89. The third kappa shape index (κ3) is 6.73. The molecule has 0 saturated heterocycles. The van der Waals surface area contributed by atoms with Crippen molar-refractivity contribution in [2.75, 3.05) is 18.1 Å². The second kappa shape index (κ2) is 12.0. The van der Waals surface area contributed by atoms with E-state index in [0.29, 0.717) is 41.5 Å². The van der Waals surface area contributed by atoms with Crippen molar-refractivity contribution in [1.82, 2.24) is 20.3 Å². The fraction of sp³-hybridized carbons (Fsp3) is 0.333. The summed E-state index contributed by atoms with van der Waals surface area (Å²) in [7, 11) is 0. The summed E-state index contributed by atoms with van der Waals surface area (Å²) in [6, 6.07) is 20.9. The first-order valence-electron chi connectivity index (χ1n) is 13.1. The number of nitrogens with one attached hydrogen (secondary N) is 1. The van der Waals surface area contributed by atoms with Gasteiger partial charge >= 0.3 is 0 Å². The van der Waals surface area contributed by atoms with Crippen molar-refractivity contribution >= 4 is 28.5 Å². The molecule has 1 aromatic heterocycles. The molecule has 0 saturated carbocycles. The molecule has 1 atom stereocenters. The van der Waals surface area contributed by atoms with Crippen LogP contribution in [0.4, 0.5) is 5.69 Å². The van der Waals surface area contributed by atoms with Gasteiger partial charge in [-0.3, -0.25) is 14.5 Å². The predicted octanol–water partition coefficient (Wildman–Crippen LogP) is 4.92. The molecule has 3 aromatic carbocycles. The lowest BCUT2D eigenvalue weighted by Crippen LogP contribution is -2.50. The van der Waals surface area contributed by atoms with Gasteiger partial charge in [-0.05, 0) is 76.6 Å². The molecule has 0 aliphatic heterocycles. The van der Waals surface area contributed by atoms with Crippen LogP contribution in [0.15, 0.2) is 72.8 Å². The zero-order valence-electron chi connectivity index (χ0n) is 23.0. The second-order valence-corrected chi connectivity index (χ2v) is 10.1. The van der Waals surface area contributed by atoms with Crippen molar-refractivity contribution in [3.63, 3.8) is 0 Å². The van der Waals surface area contributed by atoms with Crippen LogP contribution in [0, 0.1) is 0 Å². The molecule has 39 heavy (non-hydrogen) atoms. The number of nitrogens with zero attached hydrogens (tertiary/aromatic N) is 4. The molecule has 0 bridgehead atoms. The van der Waals surface area contributed by atoms with Gasteiger partial charge in [0.2, 0.25) is 11.8 Å². The summed E-state index contributed by atoms with van der Waals surface area (Å²) in [6.45, 7) is 10.4. The summed E-state index contributed by atoms with van der Waals surface area (Å²) in [5.74, 6) is 0.634. The fourth-order valence-corrected chi connectivity index (χ4v) is 4.33. The van der Waals surface area contributed by atoms with Crippen LogP contribution < -0.4 is 19.7 Å². The van der Waals surface area contributed by atoms with Gasteiger partial charge in [0.05, 0.1) is 18.7 Å². The van der Waals surface area contributed by atoms with Gasteiger partial charge in [-0.2, -0.15) is 0 Å². The van der Waals surface area contributed by atoms with Crippen LogP contribution in [0.1, 0.15) is 46.2 Å². The lowest BCUT2D eigenvalue weighted by Gasteiger charge is -2.34. The van der Waals surface area contributed by atoms with Crippen molar-refractivity contribution in [2.45, 2.75) is 52.7 Å². The van der Waals surface area contributed by atoms with E-state index in [9.17, 15) is 9.59 Å². The van der Waals surface area contributed by atoms with Crippen LogP contribution in [-0.2, 0) is 16.1 Å². The van der Waals surface area contributed by atoms with Crippen molar-refractivity contribution < 1.29 is 19.1 Å². The van der Waals surface area contributed by atoms with E-state index >= 15 is 0 Å². The summed E-state index contributed by atoms with van der Waals surface area (Å²) >= 11 is 0. The summed E-state index contributed by atoms with van der Waals surface area (Å²) in [4.78, 5) is 29.6. The van der Waals surface area contributed by atoms with Crippen LogP contribution in [0.2, 0.25) is 0 Å². The predicted molar refractivity (Wildman–Crippen MR) is 151 cm³/mol. The second-order valence-electron chi connectivity index (χ2n) is 10.1. The summed E-state index contributed by atoms with van der Waals surface area (Å²) < 4.78 is 12.9. The highest BCUT2D eigenvalue weighted by Crippen LogP contribution is 2.32. The lowest BCUT2D eigenvalue weighted by atomic mass is 10.0. The lowest BCUT2D eigenvalue weighted by molar-refractivity contribution is -0.128. The monoisotopic (exact) mass is 529 g/mol. The molecule has 1 heterocycles. The molecule has 1 unspecified atom stereocenters.